The monoisotopic (exact) mass is 225 g/mol. The first kappa shape index (κ1) is 11.9. The van der Waals surface area contributed by atoms with Crippen molar-refractivity contribution in [3.05, 3.63) is 0 Å². The van der Waals surface area contributed by atoms with Crippen LogP contribution < -0.4 is 0 Å². The molecule has 3 heteroatoms. The highest BCUT2D eigenvalue weighted by Gasteiger charge is 2.28. The predicted octanol–water partition coefficient (Wildman–Crippen LogP) is 2.06. The lowest BCUT2D eigenvalue weighted by Crippen LogP contribution is -2.41. The molecule has 0 bridgehead atoms. The summed E-state index contributed by atoms with van der Waals surface area (Å²) in [6.45, 7) is 3.29. The van der Waals surface area contributed by atoms with Gasteiger partial charge in [0.2, 0.25) is 0 Å². The fraction of sp³-hybridized carbons (Fsp3) is 0.923. The lowest BCUT2D eigenvalue weighted by atomic mass is 9.96. The van der Waals surface area contributed by atoms with Crippen molar-refractivity contribution in [2.45, 2.75) is 38.5 Å². The Balaban J connectivity index is 1.79. The molecule has 2 rings (SSSR count). The van der Waals surface area contributed by atoms with E-state index in [1.807, 2.05) is 0 Å². The van der Waals surface area contributed by atoms with E-state index < -0.39 is 0 Å². The maximum atomic E-state index is 11.5. The predicted molar refractivity (Wildman–Crippen MR) is 63.1 cm³/mol. The number of piperidine rings is 1. The van der Waals surface area contributed by atoms with E-state index in [0.29, 0.717) is 0 Å². The first-order valence-electron chi connectivity index (χ1n) is 6.60. The second kappa shape index (κ2) is 5.67. The molecule has 92 valence electrons. The third-order valence-corrected chi connectivity index (χ3v) is 4.03. The van der Waals surface area contributed by atoms with Gasteiger partial charge in [0.15, 0.2) is 0 Å². The number of rotatable bonds is 3. The van der Waals surface area contributed by atoms with Crippen molar-refractivity contribution < 1.29 is 9.53 Å². The molecule has 1 atom stereocenters. The molecule has 0 aromatic rings. The first-order chi connectivity index (χ1) is 7.79. The summed E-state index contributed by atoms with van der Waals surface area (Å²) in [5.74, 6) is 0.993. The van der Waals surface area contributed by atoms with E-state index in [1.54, 1.807) is 0 Å². The van der Waals surface area contributed by atoms with Crippen LogP contribution in [0.3, 0.4) is 0 Å². The Morgan fingerprint density at radius 2 is 2.00 bits per heavy atom. The van der Waals surface area contributed by atoms with Gasteiger partial charge in [-0.2, -0.15) is 0 Å². The summed E-state index contributed by atoms with van der Waals surface area (Å²) >= 11 is 0. The topological polar surface area (TPSA) is 29.5 Å². The van der Waals surface area contributed by atoms with E-state index in [9.17, 15) is 4.79 Å². The highest BCUT2D eigenvalue weighted by molar-refractivity contribution is 5.72. The zero-order valence-corrected chi connectivity index (χ0v) is 10.3. The lowest BCUT2D eigenvalue weighted by Gasteiger charge is -2.32. The number of carbonyl (C=O) groups is 1. The highest BCUT2D eigenvalue weighted by Crippen LogP contribution is 2.27. The van der Waals surface area contributed by atoms with Crippen LogP contribution in [0.25, 0.3) is 0 Å². The molecular weight excluding hydrogens is 202 g/mol. The quantitative estimate of drug-likeness (QED) is 0.689. The van der Waals surface area contributed by atoms with E-state index in [0.717, 1.165) is 25.3 Å². The number of hydrogen-bond donors (Lipinski definition) is 0. The van der Waals surface area contributed by atoms with Crippen molar-refractivity contribution in [1.82, 2.24) is 4.90 Å². The minimum atomic E-state index is -0.0175. The van der Waals surface area contributed by atoms with E-state index in [-0.39, 0.29) is 11.9 Å². The number of hydrogen-bond acceptors (Lipinski definition) is 3. The van der Waals surface area contributed by atoms with Gasteiger partial charge in [-0.25, -0.2) is 0 Å². The molecule has 0 radical (unpaired) electrons. The molecule has 0 unspecified atom stereocenters. The molecule has 1 saturated heterocycles. The number of esters is 1. The molecule has 1 heterocycles. The van der Waals surface area contributed by atoms with Gasteiger partial charge in [-0.15, -0.1) is 0 Å². The van der Waals surface area contributed by atoms with Gasteiger partial charge in [0, 0.05) is 13.1 Å². The van der Waals surface area contributed by atoms with Gasteiger partial charge < -0.3 is 9.64 Å². The SMILES string of the molecule is COC(=O)[C@H]1CCCN(CC2CCCC2)C1. The van der Waals surface area contributed by atoms with Gasteiger partial charge in [-0.1, -0.05) is 12.8 Å². The molecule has 1 aliphatic carbocycles. The maximum absolute atomic E-state index is 11.5. The molecule has 0 spiro atoms. The minimum absolute atomic E-state index is 0.0175. The zero-order valence-electron chi connectivity index (χ0n) is 10.3. The number of nitrogens with zero attached hydrogens (tertiary/aromatic N) is 1. The second-order valence-corrected chi connectivity index (χ2v) is 5.27. The summed E-state index contributed by atoms with van der Waals surface area (Å²) in [7, 11) is 1.50. The van der Waals surface area contributed by atoms with Crippen LogP contribution in [-0.2, 0) is 9.53 Å². The Labute approximate surface area is 98.1 Å². The van der Waals surface area contributed by atoms with Crippen LogP contribution in [-0.4, -0.2) is 37.6 Å². The highest BCUT2D eigenvalue weighted by atomic mass is 16.5. The van der Waals surface area contributed by atoms with Gasteiger partial charge in [-0.3, -0.25) is 4.79 Å². The summed E-state index contributed by atoms with van der Waals surface area (Å²) in [6, 6.07) is 0. The fourth-order valence-corrected chi connectivity index (χ4v) is 3.14. The van der Waals surface area contributed by atoms with Gasteiger partial charge in [-0.05, 0) is 38.1 Å². The number of carbonyl (C=O) groups excluding carboxylic acids is 1. The van der Waals surface area contributed by atoms with Crippen LogP contribution in [0, 0.1) is 11.8 Å². The van der Waals surface area contributed by atoms with Crippen LogP contribution in [0.1, 0.15) is 38.5 Å². The van der Waals surface area contributed by atoms with Crippen LogP contribution in [0.2, 0.25) is 0 Å². The maximum Gasteiger partial charge on any atom is 0.309 e. The molecule has 16 heavy (non-hydrogen) atoms. The number of methoxy groups -OCH3 is 1. The Hall–Kier alpha value is -0.570. The summed E-state index contributed by atoms with van der Waals surface area (Å²) in [5, 5.41) is 0. The lowest BCUT2D eigenvalue weighted by molar-refractivity contribution is -0.147. The minimum Gasteiger partial charge on any atom is -0.469 e. The number of likely N-dealkylation sites (tertiary alicyclic amines) is 1. The van der Waals surface area contributed by atoms with Crippen LogP contribution in [0.15, 0.2) is 0 Å². The van der Waals surface area contributed by atoms with Gasteiger partial charge >= 0.3 is 5.97 Å². The van der Waals surface area contributed by atoms with Crippen LogP contribution >= 0.6 is 0 Å². The Bertz CT molecular complexity index is 236. The smallest absolute Gasteiger partial charge is 0.309 e. The molecule has 3 nitrogen and oxygen atoms in total. The van der Waals surface area contributed by atoms with Crippen molar-refractivity contribution in [1.29, 1.82) is 0 Å². The third kappa shape index (κ3) is 2.97. The van der Waals surface area contributed by atoms with Gasteiger partial charge in [0.05, 0.1) is 13.0 Å². The van der Waals surface area contributed by atoms with E-state index >= 15 is 0 Å². The van der Waals surface area contributed by atoms with Crippen LogP contribution in [0.4, 0.5) is 0 Å². The normalized spacial score (nSPS) is 28.2. The Kier molecular flexibility index (Phi) is 4.22. The zero-order chi connectivity index (χ0) is 11.4. The van der Waals surface area contributed by atoms with Gasteiger partial charge in [0.1, 0.15) is 0 Å². The van der Waals surface area contributed by atoms with Gasteiger partial charge in [0.25, 0.3) is 0 Å². The van der Waals surface area contributed by atoms with Crippen molar-refractivity contribution in [2.75, 3.05) is 26.7 Å². The molecule has 0 N–H and O–H groups in total. The summed E-state index contributed by atoms with van der Waals surface area (Å²) in [6.07, 6.45) is 7.73. The Morgan fingerprint density at radius 1 is 1.25 bits per heavy atom. The largest absolute Gasteiger partial charge is 0.469 e. The average molecular weight is 225 g/mol. The van der Waals surface area contributed by atoms with E-state index in [1.165, 1.54) is 45.9 Å². The molecule has 0 aromatic carbocycles. The standard InChI is InChI=1S/C13H23NO2/c1-16-13(15)12-7-4-8-14(10-12)9-11-5-2-3-6-11/h11-12H,2-10H2,1H3/t12-/m0/s1. The fourth-order valence-electron chi connectivity index (χ4n) is 3.14. The van der Waals surface area contributed by atoms with Crippen molar-refractivity contribution in [3.63, 3.8) is 0 Å². The van der Waals surface area contributed by atoms with Crippen molar-refractivity contribution >= 4 is 5.97 Å². The molecule has 2 fully saturated rings. The van der Waals surface area contributed by atoms with E-state index in [2.05, 4.69) is 4.90 Å². The molecule has 1 aliphatic heterocycles. The molecule has 0 aromatic heterocycles. The Morgan fingerprint density at radius 3 is 2.69 bits per heavy atom. The molecule has 1 saturated carbocycles. The molecule has 0 amide bonds. The molecular formula is C13H23NO2. The summed E-state index contributed by atoms with van der Waals surface area (Å²) in [5.41, 5.74) is 0. The summed E-state index contributed by atoms with van der Waals surface area (Å²) < 4.78 is 4.84. The number of ether oxygens (including phenoxy) is 1. The second-order valence-electron chi connectivity index (χ2n) is 5.27. The third-order valence-electron chi connectivity index (χ3n) is 4.03. The average Bonchev–Trinajstić information content (AvgIpc) is 2.81. The summed E-state index contributed by atoms with van der Waals surface area (Å²) in [4.78, 5) is 14.0. The van der Waals surface area contributed by atoms with E-state index in [4.69, 9.17) is 4.74 Å². The van der Waals surface area contributed by atoms with Crippen LogP contribution in [0.5, 0.6) is 0 Å². The first-order valence-corrected chi connectivity index (χ1v) is 6.60. The van der Waals surface area contributed by atoms with Crippen molar-refractivity contribution in [3.8, 4) is 0 Å². The van der Waals surface area contributed by atoms with Crippen molar-refractivity contribution in [2.24, 2.45) is 11.8 Å². The molecule has 2 aliphatic rings.